The first-order chi connectivity index (χ1) is 4.22. The minimum atomic E-state index is 0.899. The van der Waals surface area contributed by atoms with Crippen molar-refractivity contribution in [3.8, 4) is 0 Å². The monoisotopic (exact) mass is 124 g/mol. The van der Waals surface area contributed by atoms with Crippen LogP contribution in [0.15, 0.2) is 25.3 Å². The number of rotatable bonds is 4. The molecule has 0 aromatic heterocycles. The third kappa shape index (κ3) is 3.09. The molecular weight excluding hydrogens is 110 g/mol. The fourth-order valence-electron chi connectivity index (χ4n) is 0.596. The summed E-state index contributed by atoms with van der Waals surface area (Å²) < 4.78 is 0. The highest BCUT2D eigenvalue weighted by atomic mass is 15.1. The molecule has 0 atom stereocenters. The second-order valence-electron chi connectivity index (χ2n) is 2.08. The van der Waals surface area contributed by atoms with Crippen LogP contribution in [0, 0.1) is 6.04 Å². The molecule has 0 saturated carbocycles. The summed E-state index contributed by atoms with van der Waals surface area (Å²) in [6.45, 7) is 7.31. The van der Waals surface area contributed by atoms with Crippen LogP contribution >= 0.6 is 0 Å². The second-order valence-corrected chi connectivity index (χ2v) is 2.08. The molecule has 1 heteroatoms. The first-order valence-electron chi connectivity index (χ1n) is 2.99. The Morgan fingerprint density at radius 3 is 2.11 bits per heavy atom. The van der Waals surface area contributed by atoms with Crippen LogP contribution in [0.4, 0.5) is 0 Å². The van der Waals surface area contributed by atoms with E-state index in [1.807, 2.05) is 31.1 Å². The first-order valence-corrected chi connectivity index (χ1v) is 2.99. The van der Waals surface area contributed by atoms with Crippen molar-refractivity contribution in [2.24, 2.45) is 0 Å². The molecule has 1 nitrogen and oxygen atoms in total. The minimum Gasteiger partial charge on any atom is -0.298 e. The van der Waals surface area contributed by atoms with Gasteiger partial charge in [-0.05, 0) is 20.5 Å². The van der Waals surface area contributed by atoms with Gasteiger partial charge in [0.15, 0.2) is 0 Å². The first kappa shape index (κ1) is 8.44. The maximum Gasteiger partial charge on any atom is 0.0642 e. The van der Waals surface area contributed by atoms with Gasteiger partial charge in [-0.2, -0.15) is 0 Å². The molecule has 1 radical (unpaired) electrons. The normalized spacial score (nSPS) is 10.2. The smallest absolute Gasteiger partial charge is 0.0642 e. The largest absolute Gasteiger partial charge is 0.298 e. The molecule has 0 rings (SSSR count). The van der Waals surface area contributed by atoms with Gasteiger partial charge in [0.25, 0.3) is 0 Å². The Morgan fingerprint density at radius 2 is 2.00 bits per heavy atom. The third-order valence-corrected chi connectivity index (χ3v) is 1.16. The Bertz CT molecular complexity index is 94.7. The van der Waals surface area contributed by atoms with E-state index in [2.05, 4.69) is 13.2 Å². The van der Waals surface area contributed by atoms with Crippen LogP contribution in [-0.2, 0) is 0 Å². The molecule has 0 aliphatic carbocycles. The van der Waals surface area contributed by atoms with E-state index in [0.717, 1.165) is 6.42 Å². The van der Waals surface area contributed by atoms with Crippen molar-refractivity contribution in [2.75, 3.05) is 14.1 Å². The number of hydrogen-bond donors (Lipinski definition) is 0. The van der Waals surface area contributed by atoms with Crippen molar-refractivity contribution >= 4 is 0 Å². The zero-order chi connectivity index (χ0) is 7.28. The van der Waals surface area contributed by atoms with Crippen LogP contribution in [0.25, 0.3) is 0 Å². The maximum absolute atomic E-state index is 3.67. The predicted octanol–water partition coefficient (Wildman–Crippen LogP) is 1.84. The molecule has 0 aromatic carbocycles. The second kappa shape index (κ2) is 4.33. The summed E-state index contributed by atoms with van der Waals surface area (Å²) in [5.41, 5.74) is 0. The highest BCUT2D eigenvalue weighted by Crippen LogP contribution is 2.09. The van der Waals surface area contributed by atoms with Crippen molar-refractivity contribution in [1.29, 1.82) is 0 Å². The van der Waals surface area contributed by atoms with Crippen molar-refractivity contribution in [1.82, 2.24) is 4.90 Å². The fourth-order valence-corrected chi connectivity index (χ4v) is 0.596. The van der Waals surface area contributed by atoms with E-state index in [9.17, 15) is 0 Å². The molecule has 0 spiro atoms. The van der Waals surface area contributed by atoms with Gasteiger partial charge in [-0.1, -0.05) is 12.2 Å². The molecular formula is C8H14N. The van der Waals surface area contributed by atoms with Gasteiger partial charge in [0.1, 0.15) is 0 Å². The Balaban J connectivity index is 3.66. The average molecular weight is 124 g/mol. The van der Waals surface area contributed by atoms with Gasteiger partial charge in [-0.3, -0.25) is 4.90 Å². The molecule has 0 saturated heterocycles. The Labute approximate surface area is 57.7 Å². The number of nitrogens with zero attached hydrogens (tertiary/aromatic N) is 1. The Morgan fingerprint density at radius 1 is 1.44 bits per heavy atom. The van der Waals surface area contributed by atoms with Crippen LogP contribution in [0.2, 0.25) is 0 Å². The summed E-state index contributed by atoms with van der Waals surface area (Å²) in [5.74, 6) is 0. The molecule has 0 aromatic rings. The summed E-state index contributed by atoms with van der Waals surface area (Å²) in [4.78, 5) is 2.04. The van der Waals surface area contributed by atoms with Crippen LogP contribution in [0.1, 0.15) is 6.42 Å². The average Bonchev–Trinajstić information content (AvgIpc) is 1.82. The predicted molar refractivity (Wildman–Crippen MR) is 41.9 cm³/mol. The van der Waals surface area contributed by atoms with Gasteiger partial charge < -0.3 is 0 Å². The quantitative estimate of drug-likeness (QED) is 0.517. The van der Waals surface area contributed by atoms with Crippen LogP contribution in [0.5, 0.6) is 0 Å². The van der Waals surface area contributed by atoms with E-state index >= 15 is 0 Å². The van der Waals surface area contributed by atoms with Crippen molar-refractivity contribution in [3.05, 3.63) is 31.4 Å². The van der Waals surface area contributed by atoms with E-state index in [-0.39, 0.29) is 0 Å². The Kier molecular flexibility index (Phi) is 4.06. The SMILES string of the molecule is C=CC[C](C=C)N(C)C. The Hall–Kier alpha value is -0.560. The van der Waals surface area contributed by atoms with E-state index < -0.39 is 0 Å². The van der Waals surface area contributed by atoms with Gasteiger partial charge in [-0.25, -0.2) is 0 Å². The van der Waals surface area contributed by atoms with E-state index in [1.54, 1.807) is 0 Å². The van der Waals surface area contributed by atoms with Crippen molar-refractivity contribution in [3.63, 3.8) is 0 Å². The lowest BCUT2D eigenvalue weighted by molar-refractivity contribution is 0.442. The molecule has 0 N–H and O–H groups in total. The topological polar surface area (TPSA) is 3.24 Å². The lowest BCUT2D eigenvalue weighted by atomic mass is 10.2. The van der Waals surface area contributed by atoms with Crippen LogP contribution in [-0.4, -0.2) is 19.0 Å². The molecule has 0 bridgehead atoms. The standard InChI is InChI=1S/C8H14N/c1-5-7-8(6-2)9(3)4/h5-6H,1-2,7H2,3-4H3. The molecule has 0 aliphatic heterocycles. The number of likely N-dealkylation sites (N-methyl/N-ethyl adjacent to an activating group) is 1. The summed E-state index contributed by atoms with van der Waals surface area (Å²) in [6.07, 6.45) is 4.62. The minimum absolute atomic E-state index is 0.899. The van der Waals surface area contributed by atoms with Gasteiger partial charge in [0, 0.05) is 0 Å². The lowest BCUT2D eigenvalue weighted by Gasteiger charge is -2.16. The summed E-state index contributed by atoms with van der Waals surface area (Å²) in [6, 6.07) is 1.20. The molecule has 0 aliphatic rings. The lowest BCUT2D eigenvalue weighted by Crippen LogP contribution is -2.16. The fraction of sp³-hybridized carbons (Fsp3) is 0.375. The highest BCUT2D eigenvalue weighted by molar-refractivity contribution is 5.06. The highest BCUT2D eigenvalue weighted by Gasteiger charge is 2.02. The van der Waals surface area contributed by atoms with Crippen LogP contribution < -0.4 is 0 Å². The molecule has 0 heterocycles. The zero-order valence-electron chi connectivity index (χ0n) is 6.22. The molecule has 9 heavy (non-hydrogen) atoms. The van der Waals surface area contributed by atoms with Gasteiger partial charge in [0.05, 0.1) is 6.04 Å². The van der Waals surface area contributed by atoms with Crippen molar-refractivity contribution < 1.29 is 0 Å². The maximum atomic E-state index is 3.67. The van der Waals surface area contributed by atoms with Gasteiger partial charge in [0.2, 0.25) is 0 Å². The summed E-state index contributed by atoms with van der Waals surface area (Å²) in [5, 5.41) is 0. The molecule has 0 amide bonds. The molecule has 51 valence electrons. The third-order valence-electron chi connectivity index (χ3n) is 1.16. The summed E-state index contributed by atoms with van der Waals surface area (Å²) >= 11 is 0. The van der Waals surface area contributed by atoms with E-state index in [0.29, 0.717) is 0 Å². The zero-order valence-corrected chi connectivity index (χ0v) is 6.22. The van der Waals surface area contributed by atoms with E-state index in [4.69, 9.17) is 0 Å². The van der Waals surface area contributed by atoms with Gasteiger partial charge >= 0.3 is 0 Å². The number of hydrogen-bond acceptors (Lipinski definition) is 1. The van der Waals surface area contributed by atoms with Crippen LogP contribution in [0.3, 0.4) is 0 Å². The summed E-state index contributed by atoms with van der Waals surface area (Å²) in [7, 11) is 4.00. The molecule has 0 fully saturated rings. The van der Waals surface area contributed by atoms with E-state index in [1.165, 1.54) is 6.04 Å². The van der Waals surface area contributed by atoms with Gasteiger partial charge in [-0.15, -0.1) is 13.2 Å². The molecule has 0 unspecified atom stereocenters. The van der Waals surface area contributed by atoms with Crippen molar-refractivity contribution in [2.45, 2.75) is 6.42 Å².